The van der Waals surface area contributed by atoms with Gasteiger partial charge in [0.1, 0.15) is 6.61 Å². The smallest absolute Gasteiger partial charge is 0.292 e. The van der Waals surface area contributed by atoms with Gasteiger partial charge in [0.15, 0.2) is 0 Å². The molecule has 2 aliphatic rings. The van der Waals surface area contributed by atoms with Gasteiger partial charge in [-0.1, -0.05) is 12.1 Å². The van der Waals surface area contributed by atoms with Crippen LogP contribution in [0.4, 0.5) is 5.69 Å². The van der Waals surface area contributed by atoms with Gasteiger partial charge in [-0.3, -0.25) is 0 Å². The molecule has 0 aromatic heterocycles. The average molecular weight is 230 g/mol. The number of hydrogen-bond donors (Lipinski definition) is 0. The number of benzene rings is 1. The van der Waals surface area contributed by atoms with E-state index in [1.807, 2.05) is 7.05 Å². The third-order valence-corrected chi connectivity index (χ3v) is 3.57. The summed E-state index contributed by atoms with van der Waals surface area (Å²) in [7, 11) is 2.03. The molecule has 90 valence electrons. The Labute approximate surface area is 102 Å². The number of ether oxygens (including phenoxy) is 1. The summed E-state index contributed by atoms with van der Waals surface area (Å²) in [5, 5.41) is 0. The van der Waals surface area contributed by atoms with Crippen LogP contribution in [0.5, 0.6) is 0 Å². The van der Waals surface area contributed by atoms with Crippen LogP contribution < -0.4 is 0 Å². The van der Waals surface area contributed by atoms with Crippen LogP contribution in [0.15, 0.2) is 23.2 Å². The molecule has 17 heavy (non-hydrogen) atoms. The highest BCUT2D eigenvalue weighted by molar-refractivity contribution is 5.79. The van der Waals surface area contributed by atoms with Gasteiger partial charge in [0.05, 0.1) is 12.2 Å². The summed E-state index contributed by atoms with van der Waals surface area (Å²) in [5.41, 5.74) is 4.00. The fourth-order valence-corrected chi connectivity index (χ4v) is 2.57. The molecular formula is C14H18N2O. The second kappa shape index (κ2) is 4.40. The van der Waals surface area contributed by atoms with E-state index < -0.39 is 0 Å². The number of likely N-dealkylation sites (N-methyl/N-ethyl adjacent to an activating group) is 1. The Hall–Kier alpha value is -1.51. The fraction of sp³-hybridized carbons (Fsp3) is 0.500. The molecule has 0 spiro atoms. The zero-order valence-corrected chi connectivity index (χ0v) is 10.3. The summed E-state index contributed by atoms with van der Waals surface area (Å²) in [4.78, 5) is 6.74. The Balaban J connectivity index is 1.97. The summed E-state index contributed by atoms with van der Waals surface area (Å²) in [6.45, 7) is 1.69. The van der Waals surface area contributed by atoms with Crippen molar-refractivity contribution in [2.24, 2.45) is 4.99 Å². The highest BCUT2D eigenvalue weighted by Crippen LogP contribution is 2.30. The van der Waals surface area contributed by atoms with Crippen molar-refractivity contribution in [2.75, 3.05) is 20.2 Å². The van der Waals surface area contributed by atoms with E-state index >= 15 is 0 Å². The quantitative estimate of drug-likeness (QED) is 0.740. The average Bonchev–Trinajstić information content (AvgIpc) is 2.76. The summed E-state index contributed by atoms with van der Waals surface area (Å²) >= 11 is 0. The molecule has 0 atom stereocenters. The minimum absolute atomic E-state index is 0.754. The lowest BCUT2D eigenvalue weighted by molar-refractivity contribution is 0.352. The predicted molar refractivity (Wildman–Crippen MR) is 68.8 cm³/mol. The second-order valence-electron chi connectivity index (χ2n) is 4.79. The van der Waals surface area contributed by atoms with Crippen LogP contribution in [0, 0.1) is 0 Å². The Kier molecular flexibility index (Phi) is 2.75. The minimum atomic E-state index is 0.754. The fourth-order valence-electron chi connectivity index (χ4n) is 2.57. The number of fused-ring (bicyclic) bond motifs is 1. The van der Waals surface area contributed by atoms with Crippen molar-refractivity contribution >= 4 is 11.7 Å². The summed E-state index contributed by atoms with van der Waals surface area (Å²) < 4.78 is 5.54. The van der Waals surface area contributed by atoms with Gasteiger partial charge in [0.2, 0.25) is 0 Å². The molecule has 1 saturated heterocycles. The molecule has 3 rings (SSSR count). The largest absolute Gasteiger partial charge is 0.463 e. The lowest BCUT2D eigenvalue weighted by atomic mass is 9.90. The first-order valence-electron chi connectivity index (χ1n) is 6.38. The maximum absolute atomic E-state index is 5.54. The van der Waals surface area contributed by atoms with Gasteiger partial charge >= 0.3 is 0 Å². The number of amidine groups is 1. The topological polar surface area (TPSA) is 24.8 Å². The van der Waals surface area contributed by atoms with E-state index in [4.69, 9.17) is 4.74 Å². The van der Waals surface area contributed by atoms with Crippen LogP contribution >= 0.6 is 0 Å². The maximum atomic E-state index is 5.54. The molecule has 0 amide bonds. The van der Waals surface area contributed by atoms with Gasteiger partial charge in [0, 0.05) is 7.05 Å². The molecule has 3 nitrogen and oxygen atoms in total. The highest BCUT2D eigenvalue weighted by Gasteiger charge is 2.18. The van der Waals surface area contributed by atoms with Crippen molar-refractivity contribution in [2.45, 2.75) is 25.7 Å². The van der Waals surface area contributed by atoms with Gasteiger partial charge in [0.25, 0.3) is 6.02 Å². The van der Waals surface area contributed by atoms with Crippen LogP contribution in [0.2, 0.25) is 0 Å². The number of aliphatic imine (C=N–C) groups is 1. The van der Waals surface area contributed by atoms with Crippen molar-refractivity contribution in [1.29, 1.82) is 0 Å². The molecule has 0 saturated carbocycles. The minimum Gasteiger partial charge on any atom is -0.463 e. The maximum Gasteiger partial charge on any atom is 0.292 e. The zero-order valence-electron chi connectivity index (χ0n) is 10.3. The van der Waals surface area contributed by atoms with E-state index in [1.165, 1.54) is 30.4 Å². The Morgan fingerprint density at radius 3 is 2.94 bits per heavy atom. The Morgan fingerprint density at radius 2 is 2.12 bits per heavy atom. The van der Waals surface area contributed by atoms with Crippen molar-refractivity contribution in [3.8, 4) is 0 Å². The summed E-state index contributed by atoms with van der Waals surface area (Å²) in [6.07, 6.45) is 4.95. The first kappa shape index (κ1) is 10.6. The van der Waals surface area contributed by atoms with Crippen molar-refractivity contribution < 1.29 is 4.74 Å². The second-order valence-corrected chi connectivity index (χ2v) is 4.79. The zero-order chi connectivity index (χ0) is 11.7. The monoisotopic (exact) mass is 230 g/mol. The van der Waals surface area contributed by atoms with Crippen molar-refractivity contribution in [3.05, 3.63) is 29.3 Å². The number of nitrogens with zero attached hydrogens (tertiary/aromatic N) is 2. The molecular weight excluding hydrogens is 212 g/mol. The van der Waals surface area contributed by atoms with E-state index in [0.717, 1.165) is 31.3 Å². The van der Waals surface area contributed by atoms with Crippen molar-refractivity contribution in [3.63, 3.8) is 0 Å². The number of rotatable bonds is 1. The Morgan fingerprint density at radius 1 is 1.24 bits per heavy atom. The molecule has 1 aliphatic heterocycles. The first-order chi connectivity index (χ1) is 8.34. The normalized spacial score (nSPS) is 21.5. The third-order valence-electron chi connectivity index (χ3n) is 3.57. The number of aryl methyl sites for hydroxylation is 1. The Bertz CT molecular complexity index is 454. The molecule has 1 aromatic carbocycles. The highest BCUT2D eigenvalue weighted by atomic mass is 16.5. The first-order valence-corrected chi connectivity index (χ1v) is 6.38. The van der Waals surface area contributed by atoms with E-state index in [1.54, 1.807) is 0 Å². The number of hydrogen-bond acceptors (Lipinski definition) is 2. The lowest BCUT2D eigenvalue weighted by Crippen LogP contribution is -2.19. The SMILES string of the molecule is CN1CCOC1=Nc1cccc2c1CCCC2. The van der Waals surface area contributed by atoms with E-state index in [9.17, 15) is 0 Å². The van der Waals surface area contributed by atoms with E-state index in [0.29, 0.717) is 0 Å². The van der Waals surface area contributed by atoms with Gasteiger partial charge in [-0.05, 0) is 42.9 Å². The summed E-state index contributed by atoms with van der Waals surface area (Å²) in [5.74, 6) is 0. The molecule has 1 aromatic rings. The van der Waals surface area contributed by atoms with E-state index in [2.05, 4.69) is 28.1 Å². The molecule has 0 bridgehead atoms. The molecule has 1 aliphatic carbocycles. The van der Waals surface area contributed by atoms with Crippen LogP contribution in [0.25, 0.3) is 0 Å². The predicted octanol–water partition coefficient (Wildman–Crippen LogP) is 2.51. The van der Waals surface area contributed by atoms with Crippen LogP contribution in [-0.4, -0.2) is 31.1 Å². The van der Waals surface area contributed by atoms with Crippen molar-refractivity contribution in [1.82, 2.24) is 4.90 Å². The standard InChI is InChI=1S/C14H18N2O/c1-16-9-10-17-14(16)15-13-8-4-6-11-5-2-3-7-12(11)13/h4,6,8H,2-3,5,7,9-10H2,1H3. The summed E-state index contributed by atoms with van der Waals surface area (Å²) in [6, 6.07) is 7.21. The molecule has 0 unspecified atom stereocenters. The van der Waals surface area contributed by atoms with Crippen LogP contribution in [-0.2, 0) is 17.6 Å². The molecule has 1 heterocycles. The van der Waals surface area contributed by atoms with Gasteiger partial charge < -0.3 is 9.64 Å². The van der Waals surface area contributed by atoms with Gasteiger partial charge in [-0.25, -0.2) is 0 Å². The van der Waals surface area contributed by atoms with Gasteiger partial charge in [-0.15, -0.1) is 0 Å². The molecule has 0 radical (unpaired) electrons. The van der Waals surface area contributed by atoms with Gasteiger partial charge in [-0.2, -0.15) is 4.99 Å². The van der Waals surface area contributed by atoms with Crippen LogP contribution in [0.1, 0.15) is 24.0 Å². The molecule has 1 fully saturated rings. The van der Waals surface area contributed by atoms with Crippen LogP contribution in [0.3, 0.4) is 0 Å². The third kappa shape index (κ3) is 2.02. The molecule has 0 N–H and O–H groups in total. The lowest BCUT2D eigenvalue weighted by Gasteiger charge is -2.17. The van der Waals surface area contributed by atoms with E-state index in [-0.39, 0.29) is 0 Å². The molecule has 3 heteroatoms.